The molecule has 1 aromatic carbocycles. The van der Waals surface area contributed by atoms with Gasteiger partial charge in [0, 0.05) is 0 Å². The average Bonchev–Trinajstić information content (AvgIpc) is 2.35. The number of rotatable bonds is 8. The fourth-order valence-corrected chi connectivity index (χ4v) is 1.92. The average molecular weight is 235 g/mol. The topological polar surface area (TPSA) is 35.2 Å². The minimum Gasteiger partial charge on any atom is -0.493 e. The predicted octanol–water partition coefficient (Wildman–Crippen LogP) is 3.32. The van der Waals surface area contributed by atoms with Crippen LogP contribution in [-0.4, -0.2) is 13.2 Å². The summed E-state index contributed by atoms with van der Waals surface area (Å²) in [5.41, 5.74) is 8.30. The minimum atomic E-state index is 0.741. The van der Waals surface area contributed by atoms with Gasteiger partial charge in [-0.05, 0) is 49.4 Å². The van der Waals surface area contributed by atoms with E-state index >= 15 is 0 Å². The molecular formula is C15H25NO. The van der Waals surface area contributed by atoms with Gasteiger partial charge in [-0.15, -0.1) is 0 Å². The number of nitrogens with two attached hydrogens (primary N) is 1. The van der Waals surface area contributed by atoms with Crippen molar-refractivity contribution in [2.45, 2.75) is 46.0 Å². The smallest absolute Gasteiger partial charge is 0.122 e. The quantitative estimate of drug-likeness (QED) is 0.750. The maximum Gasteiger partial charge on any atom is 0.122 e. The molecule has 0 fully saturated rings. The monoisotopic (exact) mass is 235 g/mol. The van der Waals surface area contributed by atoms with Crippen molar-refractivity contribution in [3.05, 3.63) is 29.3 Å². The Balaban J connectivity index is 2.78. The zero-order chi connectivity index (χ0) is 12.5. The van der Waals surface area contributed by atoms with Crippen molar-refractivity contribution >= 4 is 0 Å². The number of benzene rings is 1. The lowest BCUT2D eigenvalue weighted by atomic mass is 10.0. The molecule has 0 saturated carbocycles. The van der Waals surface area contributed by atoms with Gasteiger partial charge >= 0.3 is 0 Å². The molecule has 0 aliphatic heterocycles. The lowest BCUT2D eigenvalue weighted by molar-refractivity contribution is 0.314. The highest BCUT2D eigenvalue weighted by molar-refractivity contribution is 5.37. The first-order chi connectivity index (χ1) is 8.31. The third kappa shape index (κ3) is 4.78. The maximum atomic E-state index is 5.78. The van der Waals surface area contributed by atoms with Crippen molar-refractivity contribution in [1.29, 1.82) is 0 Å². The molecule has 2 heteroatoms. The fourth-order valence-electron chi connectivity index (χ4n) is 1.92. The third-order valence-electron chi connectivity index (χ3n) is 2.78. The highest BCUT2D eigenvalue weighted by atomic mass is 16.5. The van der Waals surface area contributed by atoms with Gasteiger partial charge in [-0.3, -0.25) is 0 Å². The van der Waals surface area contributed by atoms with Crippen molar-refractivity contribution < 1.29 is 4.74 Å². The molecule has 96 valence electrons. The summed E-state index contributed by atoms with van der Waals surface area (Å²) in [5.74, 6) is 1.04. The van der Waals surface area contributed by atoms with Crippen LogP contribution < -0.4 is 10.5 Å². The maximum absolute atomic E-state index is 5.78. The summed E-state index contributed by atoms with van der Waals surface area (Å²) in [5, 5.41) is 0. The van der Waals surface area contributed by atoms with Gasteiger partial charge < -0.3 is 10.5 Å². The summed E-state index contributed by atoms with van der Waals surface area (Å²) in [7, 11) is 0. The first-order valence-electron chi connectivity index (χ1n) is 6.76. The van der Waals surface area contributed by atoms with E-state index in [1.165, 1.54) is 17.5 Å². The fraction of sp³-hybridized carbons (Fsp3) is 0.600. The Hall–Kier alpha value is -1.02. The lowest BCUT2D eigenvalue weighted by Crippen LogP contribution is -2.04. The Labute approximate surface area is 105 Å². The molecule has 2 N–H and O–H groups in total. The van der Waals surface area contributed by atoms with Gasteiger partial charge in [-0.25, -0.2) is 0 Å². The van der Waals surface area contributed by atoms with Gasteiger partial charge in [-0.1, -0.05) is 32.4 Å². The molecule has 2 nitrogen and oxygen atoms in total. The molecule has 17 heavy (non-hydrogen) atoms. The van der Waals surface area contributed by atoms with Crippen LogP contribution in [0.5, 0.6) is 5.75 Å². The molecule has 0 amide bonds. The van der Waals surface area contributed by atoms with Crippen molar-refractivity contribution in [2.24, 2.45) is 5.73 Å². The van der Waals surface area contributed by atoms with E-state index in [1.54, 1.807) is 0 Å². The number of hydrogen-bond acceptors (Lipinski definition) is 2. The first kappa shape index (κ1) is 14.0. The van der Waals surface area contributed by atoms with Crippen molar-refractivity contribution in [3.8, 4) is 5.75 Å². The summed E-state index contributed by atoms with van der Waals surface area (Å²) >= 11 is 0. The molecule has 0 aliphatic rings. The van der Waals surface area contributed by atoms with Crippen LogP contribution in [0.25, 0.3) is 0 Å². The molecular weight excluding hydrogens is 210 g/mol. The van der Waals surface area contributed by atoms with Crippen LogP contribution in [-0.2, 0) is 12.8 Å². The first-order valence-corrected chi connectivity index (χ1v) is 6.76. The van der Waals surface area contributed by atoms with Crippen LogP contribution in [0.2, 0.25) is 0 Å². The molecule has 1 rings (SSSR count). The van der Waals surface area contributed by atoms with E-state index in [0.29, 0.717) is 0 Å². The zero-order valence-electron chi connectivity index (χ0n) is 11.2. The second-order valence-corrected chi connectivity index (χ2v) is 4.43. The highest BCUT2D eigenvalue weighted by Crippen LogP contribution is 2.22. The Kier molecular flexibility index (Phi) is 6.71. The van der Waals surface area contributed by atoms with Gasteiger partial charge in [0.25, 0.3) is 0 Å². The third-order valence-corrected chi connectivity index (χ3v) is 2.78. The van der Waals surface area contributed by atoms with Crippen LogP contribution in [0.4, 0.5) is 0 Å². The van der Waals surface area contributed by atoms with Gasteiger partial charge in [-0.2, -0.15) is 0 Å². The van der Waals surface area contributed by atoms with Crippen LogP contribution in [0.1, 0.15) is 44.2 Å². The normalized spacial score (nSPS) is 10.5. The van der Waals surface area contributed by atoms with E-state index in [1.807, 2.05) is 0 Å². The van der Waals surface area contributed by atoms with E-state index in [9.17, 15) is 0 Å². The van der Waals surface area contributed by atoms with Crippen LogP contribution in [0.3, 0.4) is 0 Å². The van der Waals surface area contributed by atoms with Crippen molar-refractivity contribution in [3.63, 3.8) is 0 Å². The van der Waals surface area contributed by atoms with E-state index in [-0.39, 0.29) is 0 Å². The Bertz CT molecular complexity index is 323. The molecule has 0 spiro atoms. The van der Waals surface area contributed by atoms with E-state index in [2.05, 4.69) is 32.0 Å². The second-order valence-electron chi connectivity index (χ2n) is 4.43. The lowest BCUT2D eigenvalue weighted by Gasteiger charge is -2.12. The minimum absolute atomic E-state index is 0.741. The van der Waals surface area contributed by atoms with Gasteiger partial charge in [0.1, 0.15) is 5.75 Å². The largest absolute Gasteiger partial charge is 0.493 e. The molecule has 1 aromatic rings. The molecule has 0 atom stereocenters. The van der Waals surface area contributed by atoms with Crippen molar-refractivity contribution in [2.75, 3.05) is 13.2 Å². The molecule has 0 radical (unpaired) electrons. The second kappa shape index (κ2) is 8.13. The van der Waals surface area contributed by atoms with E-state index < -0.39 is 0 Å². The Morgan fingerprint density at radius 1 is 1.12 bits per heavy atom. The predicted molar refractivity (Wildman–Crippen MR) is 73.6 cm³/mol. The summed E-state index contributed by atoms with van der Waals surface area (Å²) in [6.07, 6.45) is 5.42. The molecule has 0 saturated heterocycles. The van der Waals surface area contributed by atoms with Crippen LogP contribution in [0, 0.1) is 0 Å². The molecule has 0 unspecified atom stereocenters. The highest BCUT2D eigenvalue weighted by Gasteiger charge is 2.04. The molecule has 0 heterocycles. The van der Waals surface area contributed by atoms with E-state index in [0.717, 1.165) is 44.6 Å². The molecule has 0 aliphatic carbocycles. The molecule has 0 bridgehead atoms. The number of aryl methyl sites for hydroxylation is 2. The Morgan fingerprint density at radius 3 is 2.59 bits per heavy atom. The van der Waals surface area contributed by atoms with Gasteiger partial charge in [0.2, 0.25) is 0 Å². The SMILES string of the molecule is CCCOc1ccc(CCC)cc1CCCN. The zero-order valence-corrected chi connectivity index (χ0v) is 11.2. The van der Waals surface area contributed by atoms with Crippen molar-refractivity contribution in [1.82, 2.24) is 0 Å². The molecule has 0 aromatic heterocycles. The van der Waals surface area contributed by atoms with Crippen LogP contribution >= 0.6 is 0 Å². The summed E-state index contributed by atoms with van der Waals surface area (Å²) in [6, 6.07) is 6.58. The van der Waals surface area contributed by atoms with Gasteiger partial charge in [0.05, 0.1) is 6.61 Å². The van der Waals surface area contributed by atoms with Gasteiger partial charge in [0.15, 0.2) is 0 Å². The van der Waals surface area contributed by atoms with Crippen LogP contribution in [0.15, 0.2) is 18.2 Å². The van der Waals surface area contributed by atoms with E-state index in [4.69, 9.17) is 10.5 Å². The number of hydrogen-bond donors (Lipinski definition) is 1. The summed E-state index contributed by atoms with van der Waals surface area (Å²) in [4.78, 5) is 0. The Morgan fingerprint density at radius 2 is 1.94 bits per heavy atom. The standard InChI is InChI=1S/C15H25NO/c1-3-6-13-8-9-15(17-11-4-2)14(12-13)7-5-10-16/h8-9,12H,3-7,10-11,16H2,1-2H3. The summed E-state index contributed by atoms with van der Waals surface area (Å²) < 4.78 is 5.78. The number of ether oxygens (including phenoxy) is 1. The summed E-state index contributed by atoms with van der Waals surface area (Å²) in [6.45, 7) is 5.88.